The summed E-state index contributed by atoms with van der Waals surface area (Å²) in [5.74, 6) is 3.05. The number of aliphatic imine (C=N–C) groups is 1. The van der Waals surface area contributed by atoms with E-state index in [4.69, 9.17) is 9.15 Å². The Morgan fingerprint density at radius 2 is 1.83 bits per heavy atom. The number of hydrogen-bond donors (Lipinski definition) is 2. The molecule has 0 bridgehead atoms. The van der Waals surface area contributed by atoms with Gasteiger partial charge in [-0.25, -0.2) is 4.98 Å². The number of methoxy groups -OCH3 is 1. The van der Waals surface area contributed by atoms with Crippen molar-refractivity contribution in [3.8, 4) is 5.75 Å². The minimum Gasteiger partial charge on any atom is -0.497 e. The molecule has 0 spiro atoms. The minimum atomic E-state index is 0. The summed E-state index contributed by atoms with van der Waals surface area (Å²) in [6.07, 6.45) is 0. The highest BCUT2D eigenvalue weighted by atomic mass is 127. The topological polar surface area (TPSA) is 71.7 Å². The maximum absolute atomic E-state index is 5.53. The van der Waals surface area contributed by atoms with E-state index < -0.39 is 0 Å². The lowest BCUT2D eigenvalue weighted by Gasteiger charge is -2.11. The molecule has 1 heterocycles. The predicted octanol–water partition coefficient (Wildman–Crippen LogP) is 2.78. The zero-order valence-corrected chi connectivity index (χ0v) is 16.2. The number of benzene rings is 1. The van der Waals surface area contributed by atoms with Crippen molar-refractivity contribution in [1.29, 1.82) is 0 Å². The normalized spacial score (nSPS) is 10.9. The summed E-state index contributed by atoms with van der Waals surface area (Å²) in [4.78, 5) is 8.51. The van der Waals surface area contributed by atoms with Crippen LogP contribution in [0.1, 0.15) is 22.9 Å². The van der Waals surface area contributed by atoms with E-state index in [9.17, 15) is 0 Å². The van der Waals surface area contributed by atoms with Crippen molar-refractivity contribution in [2.45, 2.75) is 26.9 Å². The molecular formula is C16H23IN4O2. The first kappa shape index (κ1) is 19.3. The number of nitrogens with zero attached hydrogens (tertiary/aromatic N) is 2. The number of aromatic nitrogens is 1. The molecular weight excluding hydrogens is 407 g/mol. The lowest BCUT2D eigenvalue weighted by Crippen LogP contribution is -2.36. The van der Waals surface area contributed by atoms with Crippen LogP contribution >= 0.6 is 24.0 Å². The summed E-state index contributed by atoms with van der Waals surface area (Å²) < 4.78 is 10.7. The molecule has 0 unspecified atom stereocenters. The third-order valence-corrected chi connectivity index (χ3v) is 3.32. The van der Waals surface area contributed by atoms with Crippen LogP contribution < -0.4 is 15.4 Å². The SMILES string of the molecule is CN=C(NCc1ccc(OC)cc1)NCc1nc(C)c(C)o1.I. The molecule has 6 nitrogen and oxygen atoms in total. The van der Waals surface area contributed by atoms with E-state index in [0.29, 0.717) is 24.9 Å². The summed E-state index contributed by atoms with van der Waals surface area (Å²) in [5.41, 5.74) is 2.06. The molecule has 0 amide bonds. The third kappa shape index (κ3) is 5.74. The van der Waals surface area contributed by atoms with Crippen LogP contribution in [0.2, 0.25) is 0 Å². The molecule has 7 heteroatoms. The largest absolute Gasteiger partial charge is 0.497 e. The molecule has 2 aromatic rings. The fourth-order valence-corrected chi connectivity index (χ4v) is 1.92. The van der Waals surface area contributed by atoms with Crippen molar-refractivity contribution in [2.24, 2.45) is 4.99 Å². The summed E-state index contributed by atoms with van der Waals surface area (Å²) in [6, 6.07) is 7.90. The highest BCUT2D eigenvalue weighted by Gasteiger charge is 2.06. The molecule has 126 valence electrons. The quantitative estimate of drug-likeness (QED) is 0.434. The summed E-state index contributed by atoms with van der Waals surface area (Å²) >= 11 is 0. The highest BCUT2D eigenvalue weighted by molar-refractivity contribution is 14.0. The summed E-state index contributed by atoms with van der Waals surface area (Å²) in [6.45, 7) is 5.01. The maximum Gasteiger partial charge on any atom is 0.214 e. The Bertz CT molecular complexity index is 619. The Morgan fingerprint density at radius 3 is 2.35 bits per heavy atom. The summed E-state index contributed by atoms with van der Waals surface area (Å²) in [5, 5.41) is 6.42. The number of rotatable bonds is 5. The zero-order valence-electron chi connectivity index (χ0n) is 13.8. The van der Waals surface area contributed by atoms with Gasteiger partial charge < -0.3 is 19.8 Å². The molecule has 0 fully saturated rings. The first-order valence-electron chi connectivity index (χ1n) is 7.12. The Balaban J connectivity index is 0.00000264. The van der Waals surface area contributed by atoms with Crippen LogP contribution in [0.3, 0.4) is 0 Å². The lowest BCUT2D eigenvalue weighted by atomic mass is 10.2. The lowest BCUT2D eigenvalue weighted by molar-refractivity contribution is 0.414. The molecule has 0 saturated heterocycles. The zero-order chi connectivity index (χ0) is 15.9. The molecule has 0 aliphatic rings. The van der Waals surface area contributed by atoms with Gasteiger partial charge in [0, 0.05) is 13.6 Å². The van der Waals surface area contributed by atoms with Crippen LogP contribution in [0.15, 0.2) is 33.7 Å². The van der Waals surface area contributed by atoms with Crippen molar-refractivity contribution >= 4 is 29.9 Å². The van der Waals surface area contributed by atoms with Gasteiger partial charge >= 0.3 is 0 Å². The fraction of sp³-hybridized carbons (Fsp3) is 0.375. The van der Waals surface area contributed by atoms with E-state index in [1.165, 1.54) is 0 Å². The van der Waals surface area contributed by atoms with Crippen molar-refractivity contribution < 1.29 is 9.15 Å². The first-order valence-corrected chi connectivity index (χ1v) is 7.12. The highest BCUT2D eigenvalue weighted by Crippen LogP contribution is 2.11. The number of aryl methyl sites for hydroxylation is 2. The predicted molar refractivity (Wildman–Crippen MR) is 101 cm³/mol. The number of guanidine groups is 1. The van der Waals surface area contributed by atoms with Gasteiger partial charge in [0.1, 0.15) is 11.5 Å². The second-order valence-corrected chi connectivity index (χ2v) is 4.88. The standard InChI is InChI=1S/C16H22N4O2.HI/c1-11-12(2)22-15(20-11)10-19-16(17-3)18-9-13-5-7-14(21-4)8-6-13;/h5-8H,9-10H2,1-4H3,(H2,17,18,19);1H. The molecule has 2 N–H and O–H groups in total. The molecule has 0 aliphatic carbocycles. The number of halogens is 1. The van der Waals surface area contributed by atoms with Crippen LogP contribution in [0.4, 0.5) is 0 Å². The van der Waals surface area contributed by atoms with Gasteiger partial charge in [-0.1, -0.05) is 12.1 Å². The van der Waals surface area contributed by atoms with E-state index >= 15 is 0 Å². The van der Waals surface area contributed by atoms with Gasteiger partial charge in [0.25, 0.3) is 0 Å². The van der Waals surface area contributed by atoms with Gasteiger partial charge in [0.15, 0.2) is 5.96 Å². The Morgan fingerprint density at radius 1 is 1.17 bits per heavy atom. The second-order valence-electron chi connectivity index (χ2n) is 4.88. The maximum atomic E-state index is 5.53. The van der Waals surface area contributed by atoms with E-state index in [2.05, 4.69) is 20.6 Å². The van der Waals surface area contributed by atoms with Crippen LogP contribution in [0, 0.1) is 13.8 Å². The Labute approximate surface area is 153 Å². The average molecular weight is 430 g/mol. The smallest absolute Gasteiger partial charge is 0.214 e. The molecule has 1 aromatic heterocycles. The van der Waals surface area contributed by atoms with Crippen LogP contribution in [-0.4, -0.2) is 25.1 Å². The van der Waals surface area contributed by atoms with Crippen molar-refractivity contribution in [2.75, 3.05) is 14.2 Å². The monoisotopic (exact) mass is 430 g/mol. The van der Waals surface area contributed by atoms with Crippen molar-refractivity contribution in [3.05, 3.63) is 47.2 Å². The molecule has 0 atom stereocenters. The van der Waals surface area contributed by atoms with E-state index in [1.807, 2.05) is 38.1 Å². The van der Waals surface area contributed by atoms with Gasteiger partial charge in [-0.3, -0.25) is 4.99 Å². The Hall–Kier alpha value is -1.77. The number of nitrogens with one attached hydrogen (secondary N) is 2. The Kier molecular flexibility index (Phi) is 7.87. The van der Waals surface area contributed by atoms with Crippen molar-refractivity contribution in [3.63, 3.8) is 0 Å². The van der Waals surface area contributed by atoms with Gasteiger partial charge in [0.2, 0.25) is 5.89 Å². The number of hydrogen-bond acceptors (Lipinski definition) is 4. The summed E-state index contributed by atoms with van der Waals surface area (Å²) in [7, 11) is 3.39. The van der Waals surface area contributed by atoms with Gasteiger partial charge in [-0.05, 0) is 31.5 Å². The number of oxazole rings is 1. The third-order valence-electron chi connectivity index (χ3n) is 3.32. The van der Waals surface area contributed by atoms with Crippen LogP contribution in [-0.2, 0) is 13.1 Å². The fourth-order valence-electron chi connectivity index (χ4n) is 1.92. The van der Waals surface area contributed by atoms with Gasteiger partial charge in [0.05, 0.1) is 19.3 Å². The van der Waals surface area contributed by atoms with E-state index in [1.54, 1.807) is 14.2 Å². The molecule has 0 saturated carbocycles. The van der Waals surface area contributed by atoms with Crippen LogP contribution in [0.25, 0.3) is 0 Å². The van der Waals surface area contributed by atoms with Crippen molar-refractivity contribution in [1.82, 2.24) is 15.6 Å². The molecule has 0 aliphatic heterocycles. The molecule has 1 aromatic carbocycles. The molecule has 2 rings (SSSR count). The average Bonchev–Trinajstić information content (AvgIpc) is 2.86. The minimum absolute atomic E-state index is 0. The molecule has 23 heavy (non-hydrogen) atoms. The second kappa shape index (κ2) is 9.39. The van der Waals surface area contributed by atoms with E-state index in [-0.39, 0.29) is 24.0 Å². The molecule has 0 radical (unpaired) electrons. The van der Waals surface area contributed by atoms with E-state index in [0.717, 1.165) is 22.8 Å². The van der Waals surface area contributed by atoms with Gasteiger partial charge in [-0.2, -0.15) is 0 Å². The number of ether oxygens (including phenoxy) is 1. The van der Waals surface area contributed by atoms with Crippen LogP contribution in [0.5, 0.6) is 5.75 Å². The van der Waals surface area contributed by atoms with Gasteiger partial charge in [-0.15, -0.1) is 24.0 Å². The first-order chi connectivity index (χ1) is 10.6.